The van der Waals surface area contributed by atoms with Gasteiger partial charge < -0.3 is 10.6 Å². The van der Waals surface area contributed by atoms with E-state index in [0.717, 1.165) is 41.4 Å². The fraction of sp³-hybridized carbons (Fsp3) is 0.533. The zero-order valence-electron chi connectivity index (χ0n) is 22.7. The lowest BCUT2D eigenvalue weighted by Gasteiger charge is -2.40. The van der Waals surface area contributed by atoms with Gasteiger partial charge >= 0.3 is 0 Å². The van der Waals surface area contributed by atoms with Gasteiger partial charge in [-0.1, -0.05) is 44.5 Å². The maximum Gasteiger partial charge on any atom is 0.220 e. The average Bonchev–Trinajstić information content (AvgIpc) is 3.39. The topological polar surface area (TPSA) is 104 Å². The number of carbonyl (C=O) groups excluding carboxylic acids is 1. The number of rotatable bonds is 6. The summed E-state index contributed by atoms with van der Waals surface area (Å²) in [6, 6.07) is 9.34. The Morgan fingerprint density at radius 3 is 2.47 bits per heavy atom. The normalized spacial score (nSPS) is 20.2. The number of ketones is 1. The van der Waals surface area contributed by atoms with E-state index in [1.807, 2.05) is 0 Å². The zero-order chi connectivity index (χ0) is 26.3. The lowest BCUT2D eigenvalue weighted by molar-refractivity contribution is 0.0896. The molecule has 0 bridgehead atoms. The summed E-state index contributed by atoms with van der Waals surface area (Å²) < 4.78 is 0. The fourth-order valence-electron chi connectivity index (χ4n) is 6.71. The van der Waals surface area contributed by atoms with E-state index < -0.39 is 0 Å². The SMILES string of the molecule is CC1(C)Cc2cnc(N)nc2-c2n[nH]c(C(=O)Cc3ccc(CN4CCC(N5CCCCC5)CC4)cc3)c21. The minimum absolute atomic E-state index is 0.0461. The molecule has 2 aliphatic heterocycles. The number of likely N-dealkylation sites (tertiary alicyclic amines) is 2. The van der Waals surface area contributed by atoms with Gasteiger partial charge in [0.15, 0.2) is 5.78 Å². The Morgan fingerprint density at radius 1 is 1.03 bits per heavy atom. The van der Waals surface area contributed by atoms with Crippen molar-refractivity contribution >= 4 is 11.7 Å². The van der Waals surface area contributed by atoms with Crippen LogP contribution in [0.5, 0.6) is 0 Å². The van der Waals surface area contributed by atoms with Gasteiger partial charge in [-0.2, -0.15) is 5.10 Å². The van der Waals surface area contributed by atoms with E-state index >= 15 is 0 Å². The van der Waals surface area contributed by atoms with Gasteiger partial charge in [0.25, 0.3) is 0 Å². The second-order valence-corrected chi connectivity index (χ2v) is 12.0. The van der Waals surface area contributed by atoms with Gasteiger partial charge in [0.2, 0.25) is 5.95 Å². The van der Waals surface area contributed by atoms with Crippen molar-refractivity contribution in [2.24, 2.45) is 0 Å². The van der Waals surface area contributed by atoms with Crippen molar-refractivity contribution in [1.82, 2.24) is 30.0 Å². The number of piperidine rings is 2. The molecule has 3 N–H and O–H groups in total. The molecule has 0 saturated carbocycles. The second-order valence-electron chi connectivity index (χ2n) is 12.0. The van der Waals surface area contributed by atoms with Gasteiger partial charge in [0.05, 0.1) is 5.69 Å². The minimum atomic E-state index is -0.259. The number of anilines is 1. The van der Waals surface area contributed by atoms with Gasteiger partial charge in [0, 0.05) is 30.8 Å². The Bertz CT molecular complexity index is 1300. The van der Waals surface area contributed by atoms with E-state index in [-0.39, 0.29) is 17.1 Å². The molecule has 0 amide bonds. The highest BCUT2D eigenvalue weighted by atomic mass is 16.1. The highest BCUT2D eigenvalue weighted by Gasteiger charge is 2.38. The third kappa shape index (κ3) is 4.99. The standard InChI is InChI=1S/C30H39N7O/c1-30(2)17-22-18-32-29(31)33-26(22)28-25(30)27(34-35-28)24(38)16-20-6-8-21(9-7-20)19-36-14-10-23(11-15-36)37-12-4-3-5-13-37/h6-9,18,23H,3-5,10-17,19H2,1-2H3,(H,34,35)(H2,31,32,33). The number of hydrogen-bond donors (Lipinski definition) is 2. The predicted octanol–water partition coefficient (Wildman–Crippen LogP) is 4.16. The molecule has 4 heterocycles. The number of fused-ring (bicyclic) bond motifs is 3. The number of H-pyrrole nitrogens is 1. The summed E-state index contributed by atoms with van der Waals surface area (Å²) in [7, 11) is 0. The minimum Gasteiger partial charge on any atom is -0.368 e. The number of nitrogens with one attached hydrogen (secondary N) is 1. The third-order valence-corrected chi connectivity index (χ3v) is 8.72. The first-order chi connectivity index (χ1) is 18.4. The van der Waals surface area contributed by atoms with Crippen molar-refractivity contribution in [3.8, 4) is 11.4 Å². The molecular formula is C30H39N7O. The summed E-state index contributed by atoms with van der Waals surface area (Å²) in [4.78, 5) is 27.3. The molecule has 0 spiro atoms. The largest absolute Gasteiger partial charge is 0.368 e. The van der Waals surface area contributed by atoms with Crippen molar-refractivity contribution in [3.05, 3.63) is 58.4 Å². The van der Waals surface area contributed by atoms with Crippen molar-refractivity contribution < 1.29 is 4.79 Å². The lowest BCUT2D eigenvalue weighted by Crippen LogP contribution is -2.46. The van der Waals surface area contributed by atoms with Crippen LogP contribution in [0.25, 0.3) is 11.4 Å². The molecule has 0 unspecified atom stereocenters. The van der Waals surface area contributed by atoms with Crippen molar-refractivity contribution in [2.75, 3.05) is 31.9 Å². The van der Waals surface area contributed by atoms with Crippen molar-refractivity contribution in [2.45, 2.75) is 76.8 Å². The summed E-state index contributed by atoms with van der Waals surface area (Å²) in [5, 5.41) is 7.55. The molecular weight excluding hydrogens is 474 g/mol. The van der Waals surface area contributed by atoms with Crippen LogP contribution >= 0.6 is 0 Å². The Kier molecular flexibility index (Phi) is 6.78. The molecule has 38 heavy (non-hydrogen) atoms. The molecule has 3 aliphatic rings. The average molecular weight is 514 g/mol. The molecule has 6 rings (SSSR count). The smallest absolute Gasteiger partial charge is 0.220 e. The molecule has 8 heteroatoms. The number of nitrogens with two attached hydrogens (primary N) is 1. The van der Waals surface area contributed by atoms with Crippen LogP contribution < -0.4 is 5.73 Å². The van der Waals surface area contributed by atoms with Crippen LogP contribution in [0.2, 0.25) is 0 Å². The van der Waals surface area contributed by atoms with Crippen LogP contribution in [0.4, 0.5) is 5.95 Å². The van der Waals surface area contributed by atoms with Gasteiger partial charge in [-0.05, 0) is 80.4 Å². The first kappa shape index (κ1) is 25.2. The van der Waals surface area contributed by atoms with Crippen molar-refractivity contribution in [1.29, 1.82) is 0 Å². The van der Waals surface area contributed by atoms with Gasteiger partial charge in [-0.3, -0.25) is 14.8 Å². The number of nitrogens with zero attached hydrogens (tertiary/aromatic N) is 5. The molecule has 2 aromatic heterocycles. The van der Waals surface area contributed by atoms with Crippen LogP contribution in [-0.2, 0) is 24.8 Å². The molecule has 3 aromatic rings. The molecule has 2 fully saturated rings. The lowest BCUT2D eigenvalue weighted by atomic mass is 9.72. The maximum atomic E-state index is 13.4. The van der Waals surface area contributed by atoms with Crippen LogP contribution in [-0.4, -0.2) is 68.0 Å². The van der Waals surface area contributed by atoms with E-state index in [0.29, 0.717) is 17.8 Å². The van der Waals surface area contributed by atoms with Crippen LogP contribution in [0, 0.1) is 0 Å². The Labute approximate surface area is 225 Å². The number of nitrogen functional groups attached to an aromatic ring is 1. The molecule has 200 valence electrons. The highest BCUT2D eigenvalue weighted by molar-refractivity contribution is 5.99. The first-order valence-corrected chi connectivity index (χ1v) is 14.2. The number of aromatic nitrogens is 4. The Morgan fingerprint density at radius 2 is 1.74 bits per heavy atom. The number of hydrogen-bond acceptors (Lipinski definition) is 7. The summed E-state index contributed by atoms with van der Waals surface area (Å²) >= 11 is 0. The van der Waals surface area contributed by atoms with E-state index in [1.165, 1.54) is 63.8 Å². The number of benzene rings is 1. The molecule has 1 aromatic carbocycles. The highest BCUT2D eigenvalue weighted by Crippen LogP contribution is 2.43. The fourth-order valence-corrected chi connectivity index (χ4v) is 6.71. The van der Waals surface area contributed by atoms with Crippen molar-refractivity contribution in [3.63, 3.8) is 0 Å². The van der Waals surface area contributed by atoms with Gasteiger partial charge in [-0.15, -0.1) is 0 Å². The molecule has 0 atom stereocenters. The van der Waals surface area contributed by atoms with E-state index in [2.05, 4.69) is 68.1 Å². The molecule has 8 nitrogen and oxygen atoms in total. The van der Waals surface area contributed by atoms with Crippen LogP contribution in [0.15, 0.2) is 30.5 Å². The number of Topliss-reactive ketones (excluding diaryl/α,β-unsaturated/α-hetero) is 1. The summed E-state index contributed by atoms with van der Waals surface area (Å²) in [5.41, 5.74) is 11.9. The van der Waals surface area contributed by atoms with Crippen LogP contribution in [0.1, 0.15) is 78.7 Å². The van der Waals surface area contributed by atoms with Gasteiger partial charge in [0.1, 0.15) is 11.4 Å². The van der Waals surface area contributed by atoms with E-state index in [9.17, 15) is 4.79 Å². The predicted molar refractivity (Wildman–Crippen MR) is 149 cm³/mol. The first-order valence-electron chi connectivity index (χ1n) is 14.2. The molecule has 2 saturated heterocycles. The summed E-state index contributed by atoms with van der Waals surface area (Å²) in [5.74, 6) is 0.265. The quantitative estimate of drug-likeness (QED) is 0.477. The Hall–Kier alpha value is -3.10. The zero-order valence-corrected chi connectivity index (χ0v) is 22.7. The Balaban J connectivity index is 1.09. The molecule has 0 radical (unpaired) electrons. The number of aromatic amines is 1. The molecule has 1 aliphatic carbocycles. The summed E-state index contributed by atoms with van der Waals surface area (Å²) in [6.07, 6.45) is 9.54. The van der Waals surface area contributed by atoms with E-state index in [4.69, 9.17) is 5.73 Å². The number of carbonyl (C=O) groups is 1. The monoisotopic (exact) mass is 513 g/mol. The third-order valence-electron chi connectivity index (χ3n) is 8.72. The second kappa shape index (κ2) is 10.2. The van der Waals surface area contributed by atoms with Crippen LogP contribution in [0.3, 0.4) is 0 Å². The van der Waals surface area contributed by atoms with Gasteiger partial charge in [-0.25, -0.2) is 9.97 Å². The summed E-state index contributed by atoms with van der Waals surface area (Å²) in [6.45, 7) is 10.2. The maximum absolute atomic E-state index is 13.4. The van der Waals surface area contributed by atoms with E-state index in [1.54, 1.807) is 6.20 Å².